The van der Waals surface area contributed by atoms with Crippen LogP contribution in [0.15, 0.2) is 28.9 Å². The van der Waals surface area contributed by atoms with E-state index >= 15 is 0 Å². The largest absolute Gasteiger partial charge is 0.462 e. The maximum absolute atomic E-state index is 8.99. The average Bonchev–Trinajstić information content (AvgIpc) is 3.27. The lowest BCUT2D eigenvalue weighted by molar-refractivity contribution is 0.0902. The molecule has 0 saturated carbocycles. The summed E-state index contributed by atoms with van der Waals surface area (Å²) in [5.41, 5.74) is 1.16. The highest BCUT2D eigenvalue weighted by Crippen LogP contribution is 2.33. The van der Waals surface area contributed by atoms with Gasteiger partial charge in [0, 0.05) is 37.4 Å². The van der Waals surface area contributed by atoms with Crippen molar-refractivity contribution >= 4 is 0 Å². The molecule has 1 aliphatic heterocycles. The number of aryl methyl sites for hydroxylation is 1. The second-order valence-electron chi connectivity index (χ2n) is 5.63. The third-order valence-corrected chi connectivity index (χ3v) is 4.10. The van der Waals surface area contributed by atoms with E-state index in [4.69, 9.17) is 14.3 Å². The molecule has 6 heteroatoms. The Hall–Kier alpha value is -1.63. The molecule has 0 aliphatic carbocycles. The number of nitrogens with one attached hydrogen (secondary N) is 1. The Morgan fingerprint density at radius 3 is 3.00 bits per heavy atom. The Kier molecular flexibility index (Phi) is 4.92. The Morgan fingerprint density at radius 2 is 2.27 bits per heavy atom. The summed E-state index contributed by atoms with van der Waals surface area (Å²) in [7, 11) is 0. The maximum atomic E-state index is 8.99. The first-order chi connectivity index (χ1) is 10.8. The smallest absolute Gasteiger partial charge is 0.129 e. The normalized spacial score (nSPS) is 21.5. The molecule has 6 nitrogen and oxygen atoms in total. The Morgan fingerprint density at radius 1 is 1.41 bits per heavy atom. The molecule has 22 heavy (non-hydrogen) atoms. The fourth-order valence-corrected chi connectivity index (χ4v) is 2.89. The van der Waals surface area contributed by atoms with Gasteiger partial charge in [0.15, 0.2) is 0 Å². The molecule has 0 aromatic carbocycles. The number of aliphatic hydroxyl groups excluding tert-OH is 1. The average molecular weight is 305 g/mol. The van der Waals surface area contributed by atoms with Gasteiger partial charge in [-0.25, -0.2) is 0 Å². The van der Waals surface area contributed by atoms with Crippen molar-refractivity contribution in [3.8, 4) is 0 Å². The van der Waals surface area contributed by atoms with E-state index in [9.17, 15) is 0 Å². The van der Waals surface area contributed by atoms with Gasteiger partial charge in [-0.3, -0.25) is 4.68 Å². The van der Waals surface area contributed by atoms with E-state index in [-0.39, 0.29) is 12.7 Å². The van der Waals surface area contributed by atoms with E-state index in [0.29, 0.717) is 18.2 Å². The molecule has 1 saturated heterocycles. The highest BCUT2D eigenvalue weighted by Gasteiger charge is 2.30. The minimum atomic E-state index is -0.0556. The zero-order valence-corrected chi connectivity index (χ0v) is 12.9. The van der Waals surface area contributed by atoms with Crippen LogP contribution in [0.1, 0.15) is 36.5 Å². The van der Waals surface area contributed by atoms with Crippen molar-refractivity contribution < 1.29 is 14.3 Å². The van der Waals surface area contributed by atoms with Gasteiger partial charge in [-0.1, -0.05) is 0 Å². The lowest BCUT2D eigenvalue weighted by Gasteiger charge is -2.17. The summed E-state index contributed by atoms with van der Waals surface area (Å²) >= 11 is 0. The Balaban J connectivity index is 1.52. The SMILES string of the molecule is CCn1cc([C@@H]2OCC[C@@H]2CNCc2ccc(CO)o2)cn1. The van der Waals surface area contributed by atoms with Gasteiger partial charge in [0.2, 0.25) is 0 Å². The van der Waals surface area contributed by atoms with Crippen LogP contribution in [-0.4, -0.2) is 28.0 Å². The Bertz CT molecular complexity index is 593. The first-order valence-corrected chi connectivity index (χ1v) is 7.83. The van der Waals surface area contributed by atoms with Crippen LogP contribution >= 0.6 is 0 Å². The number of aromatic nitrogens is 2. The Labute approximate surface area is 130 Å². The topological polar surface area (TPSA) is 72.5 Å². The van der Waals surface area contributed by atoms with Gasteiger partial charge < -0.3 is 19.6 Å². The van der Waals surface area contributed by atoms with Gasteiger partial charge in [0.05, 0.1) is 18.8 Å². The lowest BCUT2D eigenvalue weighted by atomic mass is 9.97. The number of rotatable bonds is 7. The predicted octanol–water partition coefficient (Wildman–Crippen LogP) is 1.86. The van der Waals surface area contributed by atoms with Crippen LogP contribution in [0, 0.1) is 5.92 Å². The van der Waals surface area contributed by atoms with Crippen LogP contribution in [0.3, 0.4) is 0 Å². The summed E-state index contributed by atoms with van der Waals surface area (Å²) < 4.78 is 13.3. The predicted molar refractivity (Wildman–Crippen MR) is 81.0 cm³/mol. The molecule has 0 bridgehead atoms. The highest BCUT2D eigenvalue weighted by atomic mass is 16.5. The van der Waals surface area contributed by atoms with Crippen molar-refractivity contribution in [2.24, 2.45) is 5.92 Å². The summed E-state index contributed by atoms with van der Waals surface area (Å²) in [6.07, 6.45) is 5.15. The van der Waals surface area contributed by atoms with Crippen molar-refractivity contribution in [1.82, 2.24) is 15.1 Å². The molecule has 1 fully saturated rings. The monoisotopic (exact) mass is 305 g/mol. The third kappa shape index (κ3) is 3.40. The molecular formula is C16H23N3O3. The number of ether oxygens (including phenoxy) is 1. The maximum Gasteiger partial charge on any atom is 0.129 e. The van der Waals surface area contributed by atoms with E-state index in [1.54, 1.807) is 6.07 Å². The molecule has 0 unspecified atom stereocenters. The lowest BCUT2D eigenvalue weighted by Crippen LogP contribution is -2.24. The van der Waals surface area contributed by atoms with Crippen LogP contribution in [-0.2, 0) is 24.4 Å². The fraction of sp³-hybridized carbons (Fsp3) is 0.562. The van der Waals surface area contributed by atoms with Crippen molar-refractivity contribution in [2.45, 2.75) is 39.1 Å². The fourth-order valence-electron chi connectivity index (χ4n) is 2.89. The summed E-state index contributed by atoms with van der Waals surface area (Å²) in [5.74, 6) is 1.89. The number of furan rings is 1. The molecule has 3 heterocycles. The first kappa shape index (κ1) is 15.3. The van der Waals surface area contributed by atoms with E-state index < -0.39 is 0 Å². The zero-order valence-electron chi connectivity index (χ0n) is 12.9. The third-order valence-electron chi connectivity index (χ3n) is 4.10. The van der Waals surface area contributed by atoms with Crippen LogP contribution < -0.4 is 5.32 Å². The van der Waals surface area contributed by atoms with Crippen molar-refractivity contribution in [1.29, 1.82) is 0 Å². The number of nitrogens with zero attached hydrogens (tertiary/aromatic N) is 2. The van der Waals surface area contributed by atoms with E-state index in [1.807, 2.05) is 16.9 Å². The minimum absolute atomic E-state index is 0.0556. The molecule has 0 radical (unpaired) electrons. The summed E-state index contributed by atoms with van der Waals surface area (Å²) in [5, 5.41) is 16.7. The number of aliphatic hydroxyl groups is 1. The molecule has 0 spiro atoms. The van der Waals surface area contributed by atoms with Crippen molar-refractivity contribution in [3.05, 3.63) is 41.6 Å². The van der Waals surface area contributed by atoms with Crippen molar-refractivity contribution in [3.63, 3.8) is 0 Å². The van der Waals surface area contributed by atoms with E-state index in [1.165, 1.54) is 0 Å². The summed E-state index contributed by atoms with van der Waals surface area (Å²) in [6.45, 7) is 5.23. The van der Waals surface area contributed by atoms with Gasteiger partial charge >= 0.3 is 0 Å². The summed E-state index contributed by atoms with van der Waals surface area (Å²) in [4.78, 5) is 0. The van der Waals surface area contributed by atoms with Crippen LogP contribution in [0.4, 0.5) is 0 Å². The standard InChI is InChI=1S/C16H23N3O3/c1-2-19-10-13(8-18-19)16-12(5-6-21-16)7-17-9-14-3-4-15(11-20)22-14/h3-4,8,10,12,16-17,20H,2,5-7,9,11H2,1H3/t12-,16-/m1/s1. The molecule has 2 aromatic heterocycles. The quantitative estimate of drug-likeness (QED) is 0.817. The van der Waals surface area contributed by atoms with E-state index in [0.717, 1.165) is 37.4 Å². The number of hydrogen-bond donors (Lipinski definition) is 2. The second-order valence-corrected chi connectivity index (χ2v) is 5.63. The van der Waals surface area contributed by atoms with Gasteiger partial charge in [-0.15, -0.1) is 0 Å². The van der Waals surface area contributed by atoms with Crippen LogP contribution in [0.5, 0.6) is 0 Å². The first-order valence-electron chi connectivity index (χ1n) is 7.83. The van der Waals surface area contributed by atoms with Crippen molar-refractivity contribution in [2.75, 3.05) is 13.2 Å². The van der Waals surface area contributed by atoms with Crippen LogP contribution in [0.2, 0.25) is 0 Å². The molecule has 120 valence electrons. The molecule has 2 atom stereocenters. The summed E-state index contributed by atoms with van der Waals surface area (Å²) in [6, 6.07) is 3.70. The van der Waals surface area contributed by atoms with Gasteiger partial charge in [-0.2, -0.15) is 5.10 Å². The van der Waals surface area contributed by atoms with Gasteiger partial charge in [-0.05, 0) is 25.5 Å². The zero-order chi connectivity index (χ0) is 15.4. The minimum Gasteiger partial charge on any atom is -0.462 e. The number of hydrogen-bond acceptors (Lipinski definition) is 5. The van der Waals surface area contributed by atoms with Gasteiger partial charge in [0.25, 0.3) is 0 Å². The molecule has 2 N–H and O–H groups in total. The van der Waals surface area contributed by atoms with Gasteiger partial charge in [0.1, 0.15) is 18.1 Å². The van der Waals surface area contributed by atoms with E-state index in [2.05, 4.69) is 23.5 Å². The second kappa shape index (κ2) is 7.09. The molecule has 1 aliphatic rings. The molecule has 2 aromatic rings. The molecular weight excluding hydrogens is 282 g/mol. The van der Waals surface area contributed by atoms with Crippen LogP contribution in [0.25, 0.3) is 0 Å². The highest BCUT2D eigenvalue weighted by molar-refractivity contribution is 5.11. The molecule has 0 amide bonds. The molecule has 3 rings (SSSR count).